The van der Waals surface area contributed by atoms with Gasteiger partial charge >= 0.3 is 0 Å². The van der Waals surface area contributed by atoms with E-state index < -0.39 is 5.60 Å². The van der Waals surface area contributed by atoms with Gasteiger partial charge in [0.2, 0.25) is 5.82 Å². The highest BCUT2D eigenvalue weighted by atomic mass is 16.5. The normalized spacial score (nSPS) is 11.9. The monoisotopic (exact) mass is 491 g/mol. The molecule has 3 rings (SSSR count). The van der Waals surface area contributed by atoms with Crippen LogP contribution in [0.5, 0.6) is 5.75 Å². The fraction of sp³-hybridized carbons (Fsp3) is 0.345. The predicted octanol–water partition coefficient (Wildman–Crippen LogP) is 6.01. The van der Waals surface area contributed by atoms with Crippen LogP contribution in [0.1, 0.15) is 58.5 Å². The van der Waals surface area contributed by atoms with E-state index in [9.17, 15) is 9.90 Å². The van der Waals surface area contributed by atoms with Crippen LogP contribution < -0.4 is 4.74 Å². The zero-order valence-electron chi connectivity index (χ0n) is 22.2. The number of aromatic nitrogens is 2. The van der Waals surface area contributed by atoms with E-state index in [0.717, 1.165) is 22.4 Å². The smallest absolute Gasteiger partial charge is 0.258 e. The van der Waals surface area contributed by atoms with Gasteiger partial charge in [0.05, 0.1) is 11.7 Å². The number of carbonyl (C=O) groups excluding carboxylic acids is 1. The standard InChI is InChI=1S/C27H31N3O4.C2H6/c1-19(2)33-24-13-11-21(12-14-24)26-28-25(29-34-26)22(9-7-15-31)18-30(5)17-20-8-6-10-23(16-20)27(3,4)32;1-2/h6-16,18-19,32H,17H2,1-5H3;1-2H3/b9-7-,22-18+;. The van der Waals surface area contributed by atoms with E-state index in [0.29, 0.717) is 30.1 Å². The summed E-state index contributed by atoms with van der Waals surface area (Å²) >= 11 is 0. The predicted molar refractivity (Wildman–Crippen MR) is 143 cm³/mol. The number of ether oxygens (including phenoxy) is 1. The molecular formula is C29H37N3O4. The average Bonchev–Trinajstić information content (AvgIpc) is 3.33. The van der Waals surface area contributed by atoms with E-state index in [2.05, 4.69) is 10.1 Å². The molecule has 3 aromatic rings. The Morgan fingerprint density at radius 3 is 2.47 bits per heavy atom. The Morgan fingerprint density at radius 2 is 1.86 bits per heavy atom. The molecule has 1 heterocycles. The molecule has 0 saturated carbocycles. The van der Waals surface area contributed by atoms with Crippen LogP contribution in [0.2, 0.25) is 0 Å². The molecule has 1 N–H and O–H groups in total. The number of aldehydes is 1. The van der Waals surface area contributed by atoms with Crippen LogP contribution in [0.3, 0.4) is 0 Å². The van der Waals surface area contributed by atoms with Crippen molar-refractivity contribution in [1.82, 2.24) is 15.0 Å². The molecule has 0 atom stereocenters. The number of benzene rings is 2. The Bertz CT molecular complexity index is 1160. The van der Waals surface area contributed by atoms with Crippen molar-refractivity contribution >= 4 is 11.9 Å². The number of rotatable bonds is 10. The number of allylic oxidation sites excluding steroid dienone is 3. The zero-order chi connectivity index (χ0) is 26.7. The lowest BCUT2D eigenvalue weighted by Gasteiger charge is -2.20. The van der Waals surface area contributed by atoms with Gasteiger partial charge in [0, 0.05) is 30.9 Å². The van der Waals surface area contributed by atoms with E-state index in [1.165, 1.54) is 6.08 Å². The largest absolute Gasteiger partial charge is 0.491 e. The molecule has 36 heavy (non-hydrogen) atoms. The van der Waals surface area contributed by atoms with Crippen molar-refractivity contribution in [3.8, 4) is 17.2 Å². The van der Waals surface area contributed by atoms with Crippen molar-refractivity contribution in [1.29, 1.82) is 0 Å². The highest BCUT2D eigenvalue weighted by Gasteiger charge is 2.16. The zero-order valence-corrected chi connectivity index (χ0v) is 22.2. The number of aliphatic hydroxyl groups is 1. The summed E-state index contributed by atoms with van der Waals surface area (Å²) in [6, 6.07) is 15.2. The van der Waals surface area contributed by atoms with Crippen LogP contribution in [0.4, 0.5) is 0 Å². The van der Waals surface area contributed by atoms with Gasteiger partial charge in [-0.15, -0.1) is 0 Å². The lowest BCUT2D eigenvalue weighted by molar-refractivity contribution is -0.104. The summed E-state index contributed by atoms with van der Waals surface area (Å²) in [5.74, 6) is 1.51. The van der Waals surface area contributed by atoms with E-state index in [1.807, 2.05) is 94.4 Å². The second-order valence-corrected chi connectivity index (χ2v) is 8.87. The molecule has 0 aliphatic carbocycles. The van der Waals surface area contributed by atoms with Gasteiger partial charge in [-0.3, -0.25) is 4.79 Å². The third-order valence-electron chi connectivity index (χ3n) is 4.94. The highest BCUT2D eigenvalue weighted by molar-refractivity contribution is 5.76. The number of hydrogen-bond acceptors (Lipinski definition) is 7. The molecule has 0 spiro atoms. The number of hydrogen-bond donors (Lipinski definition) is 1. The topological polar surface area (TPSA) is 88.7 Å². The molecule has 2 aromatic carbocycles. The molecule has 7 heteroatoms. The molecule has 0 radical (unpaired) electrons. The first-order chi connectivity index (χ1) is 17.2. The van der Waals surface area contributed by atoms with Gasteiger partial charge in [0.15, 0.2) is 0 Å². The van der Waals surface area contributed by atoms with Crippen LogP contribution in [-0.4, -0.2) is 39.6 Å². The van der Waals surface area contributed by atoms with Gasteiger partial charge < -0.3 is 19.3 Å². The van der Waals surface area contributed by atoms with Crippen molar-refractivity contribution in [2.45, 2.75) is 59.8 Å². The summed E-state index contributed by atoms with van der Waals surface area (Å²) in [6.45, 7) is 12.1. The molecule has 7 nitrogen and oxygen atoms in total. The van der Waals surface area contributed by atoms with E-state index >= 15 is 0 Å². The Hall–Kier alpha value is -3.71. The maximum Gasteiger partial charge on any atom is 0.258 e. The second-order valence-electron chi connectivity index (χ2n) is 8.87. The molecule has 0 fully saturated rings. The molecule has 192 valence electrons. The van der Waals surface area contributed by atoms with Gasteiger partial charge in [-0.25, -0.2) is 0 Å². The molecule has 0 aliphatic rings. The van der Waals surface area contributed by atoms with Crippen LogP contribution in [-0.2, 0) is 16.9 Å². The SMILES string of the molecule is CC.CC(C)Oc1ccc(-c2nc(C(/C=C\C=O)=C/N(C)Cc3cccc(C(C)(C)O)c3)no2)cc1. The maximum absolute atomic E-state index is 11.0. The number of carbonyl (C=O) groups is 1. The van der Waals surface area contributed by atoms with Crippen molar-refractivity contribution in [2.24, 2.45) is 0 Å². The molecule has 0 unspecified atom stereocenters. The van der Waals surface area contributed by atoms with E-state index in [1.54, 1.807) is 19.9 Å². The Balaban J connectivity index is 0.00000222. The van der Waals surface area contributed by atoms with Gasteiger partial charge in [0.25, 0.3) is 5.89 Å². The van der Waals surface area contributed by atoms with Gasteiger partial charge in [-0.1, -0.05) is 43.3 Å². The quantitative estimate of drug-likeness (QED) is 0.211. The van der Waals surface area contributed by atoms with Crippen LogP contribution >= 0.6 is 0 Å². The van der Waals surface area contributed by atoms with Crippen molar-refractivity contribution in [2.75, 3.05) is 7.05 Å². The fourth-order valence-corrected chi connectivity index (χ4v) is 3.35. The molecule has 0 bridgehead atoms. The second kappa shape index (κ2) is 13.4. The third kappa shape index (κ3) is 8.50. The van der Waals surface area contributed by atoms with E-state index in [4.69, 9.17) is 9.26 Å². The van der Waals surface area contributed by atoms with Crippen LogP contribution in [0, 0.1) is 0 Å². The van der Waals surface area contributed by atoms with Gasteiger partial charge in [-0.05, 0) is 75.2 Å². The van der Waals surface area contributed by atoms with Gasteiger partial charge in [0.1, 0.15) is 12.0 Å². The lowest BCUT2D eigenvalue weighted by Crippen LogP contribution is -2.17. The lowest BCUT2D eigenvalue weighted by atomic mass is 9.96. The average molecular weight is 492 g/mol. The third-order valence-corrected chi connectivity index (χ3v) is 4.94. The molecule has 0 aliphatic heterocycles. The van der Waals surface area contributed by atoms with Gasteiger partial charge in [-0.2, -0.15) is 4.98 Å². The molecular weight excluding hydrogens is 454 g/mol. The first-order valence-electron chi connectivity index (χ1n) is 12.1. The number of nitrogens with zero attached hydrogens (tertiary/aromatic N) is 3. The minimum atomic E-state index is -0.914. The minimum Gasteiger partial charge on any atom is -0.491 e. The Labute approximate surface area is 214 Å². The van der Waals surface area contributed by atoms with Crippen molar-refractivity contribution in [3.63, 3.8) is 0 Å². The van der Waals surface area contributed by atoms with Crippen LogP contribution in [0.15, 0.2) is 71.4 Å². The summed E-state index contributed by atoms with van der Waals surface area (Å²) in [4.78, 5) is 17.4. The molecule has 1 aromatic heterocycles. The molecule has 0 saturated heterocycles. The van der Waals surface area contributed by atoms with Crippen molar-refractivity contribution < 1.29 is 19.2 Å². The Kier molecular flexibility index (Phi) is 10.6. The summed E-state index contributed by atoms with van der Waals surface area (Å²) < 4.78 is 11.1. The highest BCUT2D eigenvalue weighted by Crippen LogP contribution is 2.25. The summed E-state index contributed by atoms with van der Waals surface area (Å²) in [5.41, 5.74) is 2.36. The first-order valence-corrected chi connectivity index (χ1v) is 12.1. The molecule has 0 amide bonds. The minimum absolute atomic E-state index is 0.0905. The van der Waals surface area contributed by atoms with Crippen molar-refractivity contribution in [3.05, 3.63) is 83.8 Å². The Morgan fingerprint density at radius 1 is 1.17 bits per heavy atom. The summed E-state index contributed by atoms with van der Waals surface area (Å²) in [7, 11) is 1.92. The summed E-state index contributed by atoms with van der Waals surface area (Å²) in [5, 5.41) is 14.4. The fourth-order valence-electron chi connectivity index (χ4n) is 3.35. The maximum atomic E-state index is 11.0. The first kappa shape index (κ1) is 28.5. The van der Waals surface area contributed by atoms with Crippen LogP contribution in [0.25, 0.3) is 17.0 Å². The summed E-state index contributed by atoms with van der Waals surface area (Å²) in [6.07, 6.45) is 5.68. The van der Waals surface area contributed by atoms with E-state index in [-0.39, 0.29) is 6.10 Å².